The van der Waals surface area contributed by atoms with Crippen LogP contribution in [0.15, 0.2) is 24.3 Å². The first-order valence-corrected chi connectivity index (χ1v) is 6.04. The molecule has 0 fully saturated rings. The van der Waals surface area contributed by atoms with E-state index in [0.29, 0.717) is 6.54 Å². The molecular weight excluding hydrogens is 212 g/mol. The van der Waals surface area contributed by atoms with Crippen molar-refractivity contribution in [2.45, 2.75) is 46.3 Å². The third-order valence-corrected chi connectivity index (χ3v) is 2.90. The van der Waals surface area contributed by atoms with Crippen molar-refractivity contribution in [1.82, 2.24) is 4.90 Å². The summed E-state index contributed by atoms with van der Waals surface area (Å²) in [6, 6.07) is 7.83. The summed E-state index contributed by atoms with van der Waals surface area (Å²) in [6.07, 6.45) is 0. The Labute approximate surface area is 104 Å². The zero-order valence-corrected chi connectivity index (χ0v) is 11.1. The number of aryl methyl sites for hydroxylation is 1. The van der Waals surface area contributed by atoms with Gasteiger partial charge in [0.05, 0.1) is 6.04 Å². The highest BCUT2D eigenvalue weighted by Gasteiger charge is 2.20. The van der Waals surface area contributed by atoms with Crippen LogP contribution in [-0.2, 0) is 11.3 Å². The van der Waals surface area contributed by atoms with Crippen LogP contribution in [0.2, 0.25) is 0 Å². The molecule has 94 valence electrons. The first-order valence-electron chi connectivity index (χ1n) is 6.04. The highest BCUT2D eigenvalue weighted by Crippen LogP contribution is 2.13. The molecule has 17 heavy (non-hydrogen) atoms. The van der Waals surface area contributed by atoms with Crippen molar-refractivity contribution in [2.24, 2.45) is 5.73 Å². The Balaban J connectivity index is 2.88. The Bertz CT molecular complexity index is 386. The van der Waals surface area contributed by atoms with E-state index in [0.717, 1.165) is 0 Å². The fourth-order valence-electron chi connectivity index (χ4n) is 1.75. The standard InChI is InChI=1S/C14H22N2O/c1-10(2)16(14(17)12(4)15)9-13-8-6-5-7-11(13)3/h5-8,10,12H,9,15H2,1-4H3/t12-/m0/s1. The fourth-order valence-corrected chi connectivity index (χ4v) is 1.75. The molecule has 1 aromatic rings. The number of hydrogen-bond donors (Lipinski definition) is 1. The maximum absolute atomic E-state index is 12.0. The number of benzene rings is 1. The van der Waals surface area contributed by atoms with Gasteiger partial charge < -0.3 is 10.6 Å². The van der Waals surface area contributed by atoms with Gasteiger partial charge >= 0.3 is 0 Å². The topological polar surface area (TPSA) is 46.3 Å². The van der Waals surface area contributed by atoms with Gasteiger partial charge in [-0.1, -0.05) is 24.3 Å². The maximum Gasteiger partial charge on any atom is 0.239 e. The molecule has 2 N–H and O–H groups in total. The third-order valence-electron chi connectivity index (χ3n) is 2.90. The second-order valence-corrected chi connectivity index (χ2v) is 4.78. The molecule has 0 heterocycles. The lowest BCUT2D eigenvalue weighted by atomic mass is 10.1. The van der Waals surface area contributed by atoms with E-state index in [1.165, 1.54) is 11.1 Å². The first-order chi connectivity index (χ1) is 7.93. The molecule has 0 radical (unpaired) electrons. The Morgan fingerprint density at radius 3 is 2.35 bits per heavy atom. The smallest absolute Gasteiger partial charge is 0.239 e. The molecular formula is C14H22N2O. The van der Waals surface area contributed by atoms with Crippen LogP contribution >= 0.6 is 0 Å². The van der Waals surface area contributed by atoms with Crippen LogP contribution in [-0.4, -0.2) is 22.9 Å². The van der Waals surface area contributed by atoms with Crippen LogP contribution in [0.1, 0.15) is 31.9 Å². The van der Waals surface area contributed by atoms with Gasteiger partial charge in [0.1, 0.15) is 0 Å². The summed E-state index contributed by atoms with van der Waals surface area (Å²) in [5.41, 5.74) is 8.06. The Morgan fingerprint density at radius 1 is 1.29 bits per heavy atom. The second-order valence-electron chi connectivity index (χ2n) is 4.78. The number of rotatable bonds is 4. The molecule has 0 saturated heterocycles. The lowest BCUT2D eigenvalue weighted by Crippen LogP contribution is -2.45. The van der Waals surface area contributed by atoms with Gasteiger partial charge in [-0.25, -0.2) is 0 Å². The molecule has 0 saturated carbocycles. The quantitative estimate of drug-likeness (QED) is 0.867. The van der Waals surface area contributed by atoms with Gasteiger partial charge in [-0.15, -0.1) is 0 Å². The number of hydrogen-bond acceptors (Lipinski definition) is 2. The number of nitrogens with two attached hydrogens (primary N) is 1. The van der Waals surface area contributed by atoms with E-state index in [-0.39, 0.29) is 11.9 Å². The van der Waals surface area contributed by atoms with Crippen LogP contribution in [0, 0.1) is 6.92 Å². The summed E-state index contributed by atoms with van der Waals surface area (Å²) in [7, 11) is 0. The average Bonchev–Trinajstić information content (AvgIpc) is 2.26. The lowest BCUT2D eigenvalue weighted by Gasteiger charge is -2.29. The zero-order valence-electron chi connectivity index (χ0n) is 11.1. The molecule has 0 bridgehead atoms. The number of nitrogens with zero attached hydrogens (tertiary/aromatic N) is 1. The minimum Gasteiger partial charge on any atom is -0.335 e. The minimum atomic E-state index is -0.443. The monoisotopic (exact) mass is 234 g/mol. The van der Waals surface area contributed by atoms with Crippen LogP contribution in [0.5, 0.6) is 0 Å². The van der Waals surface area contributed by atoms with Crippen molar-refractivity contribution < 1.29 is 4.79 Å². The molecule has 0 aromatic heterocycles. The van der Waals surface area contributed by atoms with Gasteiger partial charge in [-0.2, -0.15) is 0 Å². The summed E-state index contributed by atoms with van der Waals surface area (Å²) in [6.45, 7) is 8.45. The maximum atomic E-state index is 12.0. The molecule has 3 nitrogen and oxygen atoms in total. The van der Waals surface area contributed by atoms with E-state index in [1.54, 1.807) is 6.92 Å². The summed E-state index contributed by atoms with van der Waals surface area (Å²) >= 11 is 0. The van der Waals surface area contributed by atoms with Gasteiger partial charge in [0.25, 0.3) is 0 Å². The van der Waals surface area contributed by atoms with Crippen LogP contribution < -0.4 is 5.73 Å². The van der Waals surface area contributed by atoms with E-state index in [2.05, 4.69) is 19.1 Å². The molecule has 0 spiro atoms. The van der Waals surface area contributed by atoms with Crippen molar-refractivity contribution in [1.29, 1.82) is 0 Å². The highest BCUT2D eigenvalue weighted by atomic mass is 16.2. The van der Waals surface area contributed by atoms with Crippen molar-refractivity contribution >= 4 is 5.91 Å². The molecule has 0 aliphatic rings. The van der Waals surface area contributed by atoms with E-state index < -0.39 is 6.04 Å². The van der Waals surface area contributed by atoms with Crippen molar-refractivity contribution in [3.63, 3.8) is 0 Å². The molecule has 0 aliphatic carbocycles. The predicted molar refractivity (Wildman–Crippen MR) is 70.5 cm³/mol. The molecule has 3 heteroatoms. The number of amides is 1. The second kappa shape index (κ2) is 5.82. The van der Waals surface area contributed by atoms with E-state index in [9.17, 15) is 4.79 Å². The Morgan fingerprint density at radius 2 is 1.88 bits per heavy atom. The summed E-state index contributed by atoms with van der Waals surface area (Å²) in [5.74, 6) is 0.00301. The normalized spacial score (nSPS) is 12.6. The van der Waals surface area contributed by atoms with Crippen molar-refractivity contribution in [3.8, 4) is 0 Å². The number of carbonyl (C=O) groups excluding carboxylic acids is 1. The van der Waals surface area contributed by atoms with E-state index >= 15 is 0 Å². The Hall–Kier alpha value is -1.35. The van der Waals surface area contributed by atoms with E-state index in [4.69, 9.17) is 5.73 Å². The van der Waals surface area contributed by atoms with Gasteiger partial charge in [-0.05, 0) is 38.8 Å². The van der Waals surface area contributed by atoms with Gasteiger partial charge in [0.15, 0.2) is 0 Å². The van der Waals surface area contributed by atoms with Crippen LogP contribution in [0.4, 0.5) is 0 Å². The van der Waals surface area contributed by atoms with Crippen molar-refractivity contribution in [2.75, 3.05) is 0 Å². The van der Waals surface area contributed by atoms with Gasteiger partial charge in [0.2, 0.25) is 5.91 Å². The average molecular weight is 234 g/mol. The SMILES string of the molecule is Cc1ccccc1CN(C(=O)[C@H](C)N)C(C)C. The van der Waals surface area contributed by atoms with E-state index in [1.807, 2.05) is 30.9 Å². The van der Waals surface area contributed by atoms with Crippen LogP contribution in [0.3, 0.4) is 0 Å². The molecule has 1 atom stereocenters. The minimum absolute atomic E-state index is 0.00301. The molecule has 1 amide bonds. The number of carbonyl (C=O) groups is 1. The molecule has 0 unspecified atom stereocenters. The van der Waals surface area contributed by atoms with Gasteiger partial charge in [0, 0.05) is 12.6 Å². The molecule has 1 aromatic carbocycles. The summed E-state index contributed by atoms with van der Waals surface area (Å²) < 4.78 is 0. The highest BCUT2D eigenvalue weighted by molar-refractivity contribution is 5.81. The third kappa shape index (κ3) is 3.56. The largest absolute Gasteiger partial charge is 0.335 e. The zero-order chi connectivity index (χ0) is 13.0. The summed E-state index contributed by atoms with van der Waals surface area (Å²) in [4.78, 5) is 13.8. The fraction of sp³-hybridized carbons (Fsp3) is 0.500. The summed E-state index contributed by atoms with van der Waals surface area (Å²) in [5, 5.41) is 0. The molecule has 0 aliphatic heterocycles. The molecule has 1 rings (SSSR count). The first kappa shape index (κ1) is 13.7. The van der Waals surface area contributed by atoms with Gasteiger partial charge in [-0.3, -0.25) is 4.79 Å². The Kier molecular flexibility index (Phi) is 4.70. The van der Waals surface area contributed by atoms with Crippen molar-refractivity contribution in [3.05, 3.63) is 35.4 Å². The predicted octanol–water partition coefficient (Wildman–Crippen LogP) is 2.08. The lowest BCUT2D eigenvalue weighted by molar-refractivity contribution is -0.134. The van der Waals surface area contributed by atoms with Crippen LogP contribution in [0.25, 0.3) is 0 Å².